The molecule has 0 aromatic carbocycles. The molecule has 0 amide bonds. The van der Waals surface area contributed by atoms with E-state index < -0.39 is 19.6 Å². The third-order valence-corrected chi connectivity index (χ3v) is 3.97. The van der Waals surface area contributed by atoms with Crippen molar-refractivity contribution in [3.05, 3.63) is 0 Å². The summed E-state index contributed by atoms with van der Waals surface area (Å²) < 4.78 is 14.8. The van der Waals surface area contributed by atoms with Crippen molar-refractivity contribution in [2.24, 2.45) is 5.92 Å². The molecule has 6 nitrogen and oxygen atoms in total. The Hall–Kier alpha value is 2.93. The molecule has 1 rings (SSSR count). The fourth-order valence-corrected chi connectivity index (χ4v) is 2.63. The molecule has 1 heterocycles. The largest absolute Gasteiger partial charge is 1.00 e. The van der Waals surface area contributed by atoms with Crippen molar-refractivity contribution in [1.82, 2.24) is 5.32 Å². The minimum atomic E-state index is -3.97. The number of carbonyl (C=O) groups excluding carboxylic acids is 1. The third kappa shape index (κ3) is 9.47. The second-order valence-electron chi connectivity index (χ2n) is 3.25. The number of hydrogen-bond acceptors (Lipinski definition) is 7. The molecule has 17 heavy (non-hydrogen) atoms. The number of rotatable bonds is 4. The molecule has 0 radical (unpaired) electrons. The van der Waals surface area contributed by atoms with Gasteiger partial charge in [0.25, 0.3) is 0 Å². The number of carbonyl (C=O) groups is 1. The molecule has 3 atom stereocenters. The quantitative estimate of drug-likeness (QED) is 0.313. The van der Waals surface area contributed by atoms with Gasteiger partial charge in [-0.3, -0.25) is 0 Å². The molecule has 1 aliphatic rings. The monoisotopic (exact) mass is 307 g/mol. The van der Waals surface area contributed by atoms with Crippen LogP contribution in [0, 0.1) is 5.92 Å². The zero-order valence-electron chi connectivity index (χ0n) is 10.2. The summed E-state index contributed by atoms with van der Waals surface area (Å²) in [5.41, 5.74) is 0. The predicted octanol–water partition coefficient (Wildman–Crippen LogP) is -11.2. The van der Waals surface area contributed by atoms with Crippen LogP contribution in [-0.2, 0) is 26.2 Å². The Morgan fingerprint density at radius 1 is 1.47 bits per heavy atom. The van der Waals surface area contributed by atoms with E-state index in [-0.39, 0.29) is 107 Å². The fourth-order valence-electron chi connectivity index (χ4n) is 1.47. The van der Waals surface area contributed by atoms with Crippen molar-refractivity contribution < 1.29 is 112 Å². The Bertz CT molecular complexity index is 284. The van der Waals surface area contributed by atoms with Gasteiger partial charge in [-0.1, -0.05) is 0 Å². The average Bonchev–Trinajstić information content (AvgIpc) is 2.52. The number of carboxylic acids is 1. The zero-order valence-corrected chi connectivity index (χ0v) is 17.9. The van der Waals surface area contributed by atoms with Crippen LogP contribution in [0.25, 0.3) is 0 Å². The predicted molar refractivity (Wildman–Crippen MR) is 45.8 cm³/mol. The molecule has 1 aliphatic heterocycles. The molecule has 0 bridgehead atoms. The van der Waals surface area contributed by atoms with E-state index in [0.29, 0.717) is 6.54 Å². The minimum absolute atomic E-state index is 0. The van der Waals surface area contributed by atoms with Gasteiger partial charge >= 0.3 is 88.7 Å². The van der Waals surface area contributed by atoms with Crippen LogP contribution in [0.15, 0.2) is 0 Å². The van der Waals surface area contributed by atoms with Gasteiger partial charge in [0.05, 0.1) is 5.97 Å². The summed E-state index contributed by atoms with van der Waals surface area (Å²) in [5.74, 6) is -1.49. The van der Waals surface area contributed by atoms with Gasteiger partial charge in [0.1, 0.15) is 7.60 Å². The van der Waals surface area contributed by atoms with Crippen molar-refractivity contribution in [2.75, 3.05) is 12.7 Å². The molecule has 0 aliphatic carbocycles. The Kier molecular flexibility index (Phi) is 17.0. The molecule has 1 N–H and O–H groups in total. The zero-order chi connectivity index (χ0) is 10.8. The van der Waals surface area contributed by atoms with Crippen molar-refractivity contribution in [3.8, 4) is 0 Å². The average molecular weight is 307 g/mol. The molecule has 0 aromatic rings. The molecule has 0 spiro atoms. The van der Waals surface area contributed by atoms with Crippen LogP contribution in [0.2, 0.25) is 0 Å². The number of aliphatic carboxylic acids is 1. The first-order valence-corrected chi connectivity index (χ1v) is 6.06. The van der Waals surface area contributed by atoms with E-state index in [0.717, 1.165) is 0 Å². The smallest absolute Gasteiger partial charge is 0.780 e. The molecule has 1 fully saturated rings. The van der Waals surface area contributed by atoms with E-state index in [4.69, 9.17) is 0 Å². The molecule has 0 saturated carbocycles. The van der Waals surface area contributed by atoms with E-state index in [1.807, 2.05) is 0 Å². The number of hydrogen-bond donors (Lipinski definition) is 1. The number of nitrogens with one attached hydrogen (secondary N) is 1. The Balaban J connectivity index is -0.000000653. The van der Waals surface area contributed by atoms with Crippen molar-refractivity contribution in [2.45, 2.75) is 12.5 Å². The van der Waals surface area contributed by atoms with E-state index in [1.165, 1.54) is 0 Å². The first-order valence-electron chi connectivity index (χ1n) is 4.00. The van der Waals surface area contributed by atoms with Gasteiger partial charge in [0.2, 0.25) is 0 Å². The molecule has 82 valence electrons. The first-order chi connectivity index (χ1) is 6.44. The summed E-state index contributed by atoms with van der Waals surface area (Å²) >= 11 is 3.98. The fraction of sp³-hybridized carbons (Fsp3) is 0.833. The van der Waals surface area contributed by atoms with Crippen LogP contribution in [0.3, 0.4) is 0 Å². The minimum Gasteiger partial charge on any atom is -0.780 e. The maximum absolute atomic E-state index is 10.9. The van der Waals surface area contributed by atoms with Crippen molar-refractivity contribution >= 4 is 26.5 Å². The summed E-state index contributed by atoms with van der Waals surface area (Å²) in [7, 11) is -3.97. The van der Waals surface area contributed by atoms with Crippen LogP contribution >= 0.6 is 7.60 Å². The first kappa shape index (κ1) is 24.9. The van der Waals surface area contributed by atoms with Gasteiger partial charge < -0.3 is 41.6 Å². The number of carboxylic acid groups (broad SMARTS) is 1. The molecule has 1 saturated heterocycles. The molecular formula is C6H9NNa3O5PS. The van der Waals surface area contributed by atoms with Crippen LogP contribution < -0.4 is 104 Å². The van der Waals surface area contributed by atoms with Gasteiger partial charge in [0.15, 0.2) is 0 Å². The Morgan fingerprint density at radius 2 is 2.00 bits per heavy atom. The van der Waals surface area contributed by atoms with E-state index in [2.05, 4.69) is 22.2 Å². The van der Waals surface area contributed by atoms with Crippen LogP contribution in [0.1, 0.15) is 6.42 Å². The van der Waals surface area contributed by atoms with Gasteiger partial charge in [-0.05, 0) is 18.9 Å². The van der Waals surface area contributed by atoms with Crippen molar-refractivity contribution in [3.63, 3.8) is 0 Å². The van der Waals surface area contributed by atoms with Crippen LogP contribution in [0.4, 0.5) is 0 Å². The normalized spacial score (nSPS) is 25.8. The van der Waals surface area contributed by atoms with E-state index >= 15 is 0 Å². The second kappa shape index (κ2) is 11.6. The van der Waals surface area contributed by atoms with Gasteiger partial charge in [0, 0.05) is 12.2 Å². The Morgan fingerprint density at radius 3 is 2.35 bits per heavy atom. The topological polar surface area (TPSA) is 102 Å². The molecule has 1 unspecified atom stereocenters. The second-order valence-corrected chi connectivity index (χ2v) is 5.43. The Labute approximate surface area is 172 Å². The van der Waals surface area contributed by atoms with Gasteiger partial charge in [-0.25, -0.2) is 0 Å². The van der Waals surface area contributed by atoms with Gasteiger partial charge in [-0.2, -0.15) is 0 Å². The standard InChI is InChI=1S/C6H12NO5PS.3Na/c8-6(9)5-1-4(2-7-5)3-13(10,11)12-14;;;/h4-5,7,14H,1-3H2,(H,8,9)(H,10,11);;;/q;3*+1/p-3/t4-,5+;;;/m1.../s1. The molecule has 11 heteroatoms. The third-order valence-electron chi connectivity index (χ3n) is 2.10. The van der Waals surface area contributed by atoms with Crippen LogP contribution in [-0.4, -0.2) is 24.7 Å². The summed E-state index contributed by atoms with van der Waals surface area (Å²) in [5, 5.41) is 13.1. The maximum atomic E-state index is 10.9. The molecular weight excluding hydrogens is 298 g/mol. The van der Waals surface area contributed by atoms with Crippen molar-refractivity contribution in [1.29, 1.82) is 0 Å². The summed E-state index contributed by atoms with van der Waals surface area (Å²) in [4.78, 5) is 21.4. The summed E-state index contributed by atoms with van der Waals surface area (Å²) in [6, 6.07) is -0.773. The van der Waals surface area contributed by atoms with E-state index in [9.17, 15) is 19.4 Å². The van der Waals surface area contributed by atoms with Gasteiger partial charge in [-0.15, -0.1) is 0 Å². The van der Waals surface area contributed by atoms with E-state index in [1.54, 1.807) is 0 Å². The molecule has 0 aromatic heterocycles. The summed E-state index contributed by atoms with van der Waals surface area (Å²) in [6.07, 6.45) is 0.000532. The SMILES string of the molecule is O=C([O-])[C@@H]1C[C@@H](CP(=O)([O-])O[S-])CN1.[Na+].[Na+].[Na+]. The van der Waals surface area contributed by atoms with Crippen LogP contribution in [0.5, 0.6) is 0 Å². The maximum Gasteiger partial charge on any atom is 1.00 e. The summed E-state index contributed by atoms with van der Waals surface area (Å²) in [6.45, 7) is 0.323.